The van der Waals surface area contributed by atoms with Gasteiger partial charge in [-0.05, 0) is 38.5 Å². The van der Waals surface area contributed by atoms with Crippen LogP contribution in [0.2, 0.25) is 0 Å². The normalized spacial score (nSPS) is 19.3. The van der Waals surface area contributed by atoms with Crippen LogP contribution < -0.4 is 0 Å². The lowest BCUT2D eigenvalue weighted by Gasteiger charge is -2.36. The second-order valence-electron chi connectivity index (χ2n) is 6.75. The summed E-state index contributed by atoms with van der Waals surface area (Å²) in [5.74, 6) is 0.796. The van der Waals surface area contributed by atoms with E-state index >= 15 is 0 Å². The van der Waals surface area contributed by atoms with Gasteiger partial charge in [0.15, 0.2) is 0 Å². The van der Waals surface area contributed by atoms with Gasteiger partial charge in [0, 0.05) is 38.4 Å². The first-order chi connectivity index (χ1) is 10.1. The predicted octanol–water partition coefficient (Wildman–Crippen LogP) is 2.27. The van der Waals surface area contributed by atoms with Gasteiger partial charge in [0.2, 0.25) is 0 Å². The standard InChI is InChI=1S/C16H30N4O/c1-13(2)4-5-14(3)19-9-6-16(7-10-19)20-12-15(8-11-21)17-18-20/h12-14,16,21H,4-11H2,1-3H3. The van der Waals surface area contributed by atoms with E-state index in [0.29, 0.717) is 18.5 Å². The molecule has 1 aromatic rings. The molecule has 0 aliphatic carbocycles. The highest BCUT2D eigenvalue weighted by atomic mass is 16.3. The Balaban J connectivity index is 1.79. The first kappa shape index (κ1) is 16.4. The van der Waals surface area contributed by atoms with Gasteiger partial charge in [0.05, 0.1) is 11.7 Å². The quantitative estimate of drug-likeness (QED) is 0.838. The number of hydrogen-bond donors (Lipinski definition) is 1. The van der Waals surface area contributed by atoms with Gasteiger partial charge in [-0.3, -0.25) is 0 Å². The highest BCUT2D eigenvalue weighted by Gasteiger charge is 2.24. The van der Waals surface area contributed by atoms with Gasteiger partial charge in [-0.1, -0.05) is 19.1 Å². The van der Waals surface area contributed by atoms with Crippen molar-refractivity contribution in [3.05, 3.63) is 11.9 Å². The molecule has 2 heterocycles. The molecule has 21 heavy (non-hydrogen) atoms. The maximum absolute atomic E-state index is 8.94. The highest BCUT2D eigenvalue weighted by Crippen LogP contribution is 2.24. The average Bonchev–Trinajstić information content (AvgIpc) is 2.94. The van der Waals surface area contributed by atoms with E-state index in [4.69, 9.17) is 5.11 Å². The van der Waals surface area contributed by atoms with Gasteiger partial charge in [-0.15, -0.1) is 5.10 Å². The smallest absolute Gasteiger partial charge is 0.0850 e. The Bertz CT molecular complexity index is 410. The molecular weight excluding hydrogens is 264 g/mol. The Kier molecular flexibility index (Phi) is 6.18. The third kappa shape index (κ3) is 4.78. The van der Waals surface area contributed by atoms with Gasteiger partial charge < -0.3 is 10.0 Å². The van der Waals surface area contributed by atoms with Crippen molar-refractivity contribution in [2.45, 2.75) is 65.0 Å². The number of aromatic nitrogens is 3. The largest absolute Gasteiger partial charge is 0.396 e. The molecule has 0 amide bonds. The molecule has 1 fully saturated rings. The summed E-state index contributed by atoms with van der Waals surface area (Å²) in [4.78, 5) is 2.62. The third-order valence-electron chi connectivity index (χ3n) is 4.58. The van der Waals surface area contributed by atoms with Gasteiger partial charge in [-0.25, -0.2) is 4.68 Å². The summed E-state index contributed by atoms with van der Waals surface area (Å²) in [6.07, 6.45) is 7.51. The van der Waals surface area contributed by atoms with Gasteiger partial charge >= 0.3 is 0 Å². The lowest BCUT2D eigenvalue weighted by atomic mass is 9.99. The maximum atomic E-state index is 8.94. The third-order valence-corrected chi connectivity index (χ3v) is 4.58. The van der Waals surface area contributed by atoms with E-state index in [-0.39, 0.29) is 6.61 Å². The SMILES string of the molecule is CC(C)CCC(C)N1CCC(n2cc(CCO)nn2)CC1. The van der Waals surface area contributed by atoms with Crippen molar-refractivity contribution in [3.63, 3.8) is 0 Å². The highest BCUT2D eigenvalue weighted by molar-refractivity contribution is 4.94. The summed E-state index contributed by atoms with van der Waals surface area (Å²) < 4.78 is 2.00. The van der Waals surface area contributed by atoms with Crippen LogP contribution in [0.5, 0.6) is 0 Å². The Morgan fingerprint density at radius 1 is 1.24 bits per heavy atom. The van der Waals surface area contributed by atoms with Gasteiger partial charge in [0.25, 0.3) is 0 Å². The Morgan fingerprint density at radius 3 is 2.57 bits per heavy atom. The molecule has 0 saturated carbocycles. The number of piperidine rings is 1. The van der Waals surface area contributed by atoms with E-state index in [2.05, 4.69) is 36.0 Å². The minimum Gasteiger partial charge on any atom is -0.396 e. The molecule has 0 spiro atoms. The zero-order chi connectivity index (χ0) is 15.2. The lowest BCUT2D eigenvalue weighted by molar-refractivity contribution is 0.129. The Morgan fingerprint density at radius 2 is 1.95 bits per heavy atom. The molecule has 1 saturated heterocycles. The summed E-state index contributed by atoms with van der Waals surface area (Å²) in [5.41, 5.74) is 0.894. The molecule has 0 bridgehead atoms. The molecule has 1 aliphatic rings. The summed E-state index contributed by atoms with van der Waals surface area (Å²) in [6, 6.07) is 1.16. The summed E-state index contributed by atoms with van der Waals surface area (Å²) >= 11 is 0. The molecule has 5 heteroatoms. The van der Waals surface area contributed by atoms with Crippen LogP contribution in [0.1, 0.15) is 58.2 Å². The van der Waals surface area contributed by atoms with E-state index in [1.807, 2.05) is 10.9 Å². The fourth-order valence-electron chi connectivity index (χ4n) is 3.07. The molecule has 1 unspecified atom stereocenters. The molecular formula is C16H30N4O. The number of hydrogen-bond acceptors (Lipinski definition) is 4. The molecule has 0 aromatic carbocycles. The van der Waals surface area contributed by atoms with Crippen LogP contribution in [0.4, 0.5) is 0 Å². The van der Waals surface area contributed by atoms with Crippen molar-refractivity contribution in [2.75, 3.05) is 19.7 Å². The maximum Gasteiger partial charge on any atom is 0.0850 e. The van der Waals surface area contributed by atoms with Crippen molar-refractivity contribution in [1.82, 2.24) is 19.9 Å². The molecule has 120 valence electrons. The Hall–Kier alpha value is -0.940. The van der Waals surface area contributed by atoms with Crippen LogP contribution in [0.3, 0.4) is 0 Å². The Labute approximate surface area is 128 Å². The van der Waals surface area contributed by atoms with Gasteiger partial charge in [-0.2, -0.15) is 0 Å². The van der Waals surface area contributed by atoms with Gasteiger partial charge in [0.1, 0.15) is 0 Å². The molecule has 1 aliphatic heterocycles. The summed E-state index contributed by atoms with van der Waals surface area (Å²) in [5, 5.41) is 17.3. The van der Waals surface area contributed by atoms with E-state index in [1.54, 1.807) is 0 Å². The van der Waals surface area contributed by atoms with Crippen molar-refractivity contribution >= 4 is 0 Å². The van der Waals surface area contributed by atoms with Crippen LogP contribution in [0.25, 0.3) is 0 Å². The first-order valence-electron chi connectivity index (χ1n) is 8.35. The zero-order valence-corrected chi connectivity index (χ0v) is 13.7. The van der Waals surface area contributed by atoms with Crippen molar-refractivity contribution in [3.8, 4) is 0 Å². The van der Waals surface area contributed by atoms with Crippen molar-refractivity contribution < 1.29 is 5.11 Å². The summed E-state index contributed by atoms with van der Waals surface area (Å²) in [7, 11) is 0. The number of likely N-dealkylation sites (tertiary alicyclic amines) is 1. The molecule has 1 aromatic heterocycles. The second-order valence-corrected chi connectivity index (χ2v) is 6.75. The van der Waals surface area contributed by atoms with Crippen LogP contribution in [-0.4, -0.2) is 50.7 Å². The van der Waals surface area contributed by atoms with E-state index in [9.17, 15) is 0 Å². The fraction of sp³-hybridized carbons (Fsp3) is 0.875. The molecule has 0 radical (unpaired) electrons. The number of aliphatic hydroxyl groups excluding tert-OH is 1. The van der Waals surface area contributed by atoms with Crippen molar-refractivity contribution in [1.29, 1.82) is 0 Å². The average molecular weight is 294 g/mol. The summed E-state index contributed by atoms with van der Waals surface area (Å²) in [6.45, 7) is 9.40. The number of aliphatic hydroxyl groups is 1. The molecule has 2 rings (SSSR count). The monoisotopic (exact) mass is 294 g/mol. The van der Waals surface area contributed by atoms with Crippen molar-refractivity contribution in [2.24, 2.45) is 5.92 Å². The van der Waals surface area contributed by atoms with Crippen LogP contribution >= 0.6 is 0 Å². The second kappa shape index (κ2) is 7.90. The van der Waals surface area contributed by atoms with Crippen LogP contribution in [-0.2, 0) is 6.42 Å². The molecule has 1 N–H and O–H groups in total. The minimum atomic E-state index is 0.143. The van der Waals surface area contributed by atoms with Crippen LogP contribution in [0, 0.1) is 5.92 Å². The predicted molar refractivity (Wildman–Crippen MR) is 84.2 cm³/mol. The minimum absolute atomic E-state index is 0.143. The first-order valence-corrected chi connectivity index (χ1v) is 8.35. The van der Waals surface area contributed by atoms with E-state index < -0.39 is 0 Å². The molecule has 1 atom stereocenters. The fourth-order valence-corrected chi connectivity index (χ4v) is 3.07. The number of rotatable bonds is 7. The van der Waals surface area contributed by atoms with E-state index in [0.717, 1.165) is 37.5 Å². The number of nitrogens with zero attached hydrogens (tertiary/aromatic N) is 4. The molecule has 5 nitrogen and oxygen atoms in total. The van der Waals surface area contributed by atoms with Crippen LogP contribution in [0.15, 0.2) is 6.20 Å². The lowest BCUT2D eigenvalue weighted by Crippen LogP contribution is -2.40. The zero-order valence-electron chi connectivity index (χ0n) is 13.7. The topological polar surface area (TPSA) is 54.2 Å². The van der Waals surface area contributed by atoms with E-state index in [1.165, 1.54) is 12.8 Å².